The maximum atomic E-state index is 12.1. The van der Waals surface area contributed by atoms with Crippen LogP contribution < -0.4 is 11.1 Å². The van der Waals surface area contributed by atoms with Crippen LogP contribution in [-0.2, 0) is 9.53 Å². The highest BCUT2D eigenvalue weighted by atomic mass is 32.1. The average molecular weight is 311 g/mol. The Morgan fingerprint density at radius 2 is 2.33 bits per heavy atom. The number of methoxy groups -OCH3 is 1. The Kier molecular flexibility index (Phi) is 5.33. The van der Waals surface area contributed by atoms with E-state index < -0.39 is 5.97 Å². The summed E-state index contributed by atoms with van der Waals surface area (Å²) in [4.78, 5) is 26.1. The van der Waals surface area contributed by atoms with E-state index in [2.05, 4.69) is 17.0 Å². The van der Waals surface area contributed by atoms with Crippen LogP contribution in [0.25, 0.3) is 0 Å². The Labute approximate surface area is 128 Å². The van der Waals surface area contributed by atoms with Gasteiger partial charge in [0, 0.05) is 12.6 Å². The van der Waals surface area contributed by atoms with Crippen molar-refractivity contribution in [1.82, 2.24) is 4.90 Å². The van der Waals surface area contributed by atoms with E-state index in [1.165, 1.54) is 18.4 Å². The number of nitrogens with zero attached hydrogens (tertiary/aromatic N) is 1. The van der Waals surface area contributed by atoms with Gasteiger partial charge in [0.15, 0.2) is 0 Å². The van der Waals surface area contributed by atoms with Crippen molar-refractivity contribution in [2.24, 2.45) is 11.7 Å². The normalized spacial score (nSPS) is 22.8. The van der Waals surface area contributed by atoms with Gasteiger partial charge in [-0.05, 0) is 30.3 Å². The Balaban J connectivity index is 1.91. The lowest BCUT2D eigenvalue weighted by molar-refractivity contribution is -0.117. The molecule has 1 saturated heterocycles. The number of likely N-dealkylation sites (tertiary alicyclic amines) is 1. The maximum absolute atomic E-state index is 12.1. The van der Waals surface area contributed by atoms with E-state index >= 15 is 0 Å². The number of esters is 1. The zero-order chi connectivity index (χ0) is 15.4. The third-order valence-corrected chi connectivity index (χ3v) is 4.67. The molecule has 2 atom stereocenters. The highest BCUT2D eigenvalue weighted by Crippen LogP contribution is 2.23. The minimum absolute atomic E-state index is 0.110. The summed E-state index contributed by atoms with van der Waals surface area (Å²) in [6, 6.07) is 1.82. The molecule has 6 nitrogen and oxygen atoms in total. The smallest absolute Gasteiger partial charge is 0.350 e. The van der Waals surface area contributed by atoms with Crippen molar-refractivity contribution in [3.8, 4) is 0 Å². The summed E-state index contributed by atoms with van der Waals surface area (Å²) >= 11 is 1.25. The fourth-order valence-corrected chi connectivity index (χ4v) is 3.13. The minimum atomic E-state index is -0.436. The summed E-state index contributed by atoms with van der Waals surface area (Å²) < 4.78 is 4.69. The number of hydrogen-bond acceptors (Lipinski definition) is 6. The molecule has 0 spiro atoms. The van der Waals surface area contributed by atoms with Crippen molar-refractivity contribution in [3.05, 3.63) is 16.3 Å². The molecule has 2 heterocycles. The number of piperidine rings is 1. The van der Waals surface area contributed by atoms with Gasteiger partial charge in [-0.2, -0.15) is 0 Å². The summed E-state index contributed by atoms with van der Waals surface area (Å²) in [6.45, 7) is 4.02. The van der Waals surface area contributed by atoms with Crippen LogP contribution in [0.4, 0.5) is 5.69 Å². The van der Waals surface area contributed by atoms with Gasteiger partial charge in [-0.3, -0.25) is 9.69 Å². The summed E-state index contributed by atoms with van der Waals surface area (Å²) in [7, 11) is 1.32. The van der Waals surface area contributed by atoms with Crippen molar-refractivity contribution in [3.63, 3.8) is 0 Å². The van der Waals surface area contributed by atoms with Crippen LogP contribution >= 0.6 is 11.3 Å². The third kappa shape index (κ3) is 4.03. The number of rotatable bonds is 4. The van der Waals surface area contributed by atoms with Gasteiger partial charge in [-0.1, -0.05) is 6.92 Å². The molecule has 1 aromatic heterocycles. The Bertz CT molecular complexity index is 517. The van der Waals surface area contributed by atoms with Crippen LogP contribution in [0.3, 0.4) is 0 Å². The lowest BCUT2D eigenvalue weighted by Gasteiger charge is -2.34. The van der Waals surface area contributed by atoms with Crippen LogP contribution in [0, 0.1) is 5.92 Å². The van der Waals surface area contributed by atoms with Gasteiger partial charge in [-0.15, -0.1) is 11.3 Å². The highest BCUT2D eigenvalue weighted by Gasteiger charge is 2.25. The highest BCUT2D eigenvalue weighted by molar-refractivity contribution is 7.12. The molecule has 116 valence electrons. The maximum Gasteiger partial charge on any atom is 0.350 e. The van der Waals surface area contributed by atoms with Crippen LogP contribution in [0.2, 0.25) is 0 Å². The van der Waals surface area contributed by atoms with E-state index in [0.717, 1.165) is 19.5 Å². The molecule has 0 radical (unpaired) electrons. The number of carbonyl (C=O) groups excluding carboxylic acids is 2. The summed E-state index contributed by atoms with van der Waals surface area (Å²) in [6.07, 6.45) is 1.00. The first-order chi connectivity index (χ1) is 10.0. The summed E-state index contributed by atoms with van der Waals surface area (Å²) in [5.41, 5.74) is 6.54. The minimum Gasteiger partial charge on any atom is -0.465 e. The van der Waals surface area contributed by atoms with Gasteiger partial charge >= 0.3 is 5.97 Å². The molecule has 7 heteroatoms. The van der Waals surface area contributed by atoms with Crippen molar-refractivity contribution in [1.29, 1.82) is 0 Å². The first-order valence-electron chi connectivity index (χ1n) is 6.95. The lowest BCUT2D eigenvalue weighted by atomic mass is 9.94. The van der Waals surface area contributed by atoms with Crippen molar-refractivity contribution < 1.29 is 14.3 Å². The molecule has 0 bridgehead atoms. The number of thiophene rings is 1. The molecule has 21 heavy (non-hydrogen) atoms. The molecule has 2 rings (SSSR count). The predicted molar refractivity (Wildman–Crippen MR) is 82.5 cm³/mol. The number of nitrogens with one attached hydrogen (secondary N) is 1. The van der Waals surface area contributed by atoms with E-state index in [0.29, 0.717) is 16.5 Å². The van der Waals surface area contributed by atoms with Gasteiger partial charge in [0.1, 0.15) is 4.88 Å². The Morgan fingerprint density at radius 3 is 3.00 bits per heavy atom. The zero-order valence-electron chi connectivity index (χ0n) is 12.3. The Morgan fingerprint density at radius 1 is 1.57 bits per heavy atom. The number of amides is 1. The monoisotopic (exact) mass is 311 g/mol. The van der Waals surface area contributed by atoms with Gasteiger partial charge in [-0.25, -0.2) is 4.79 Å². The largest absolute Gasteiger partial charge is 0.465 e. The third-order valence-electron chi connectivity index (χ3n) is 3.78. The van der Waals surface area contributed by atoms with Gasteiger partial charge < -0.3 is 15.8 Å². The van der Waals surface area contributed by atoms with Crippen molar-refractivity contribution >= 4 is 28.9 Å². The number of anilines is 1. The standard InChI is InChI=1S/C14H21N3O3S/c1-9-3-5-17(7-10(9)15)8-12(18)16-11-4-6-21-13(11)14(19)20-2/h4,6,9-10H,3,5,7-8,15H2,1-2H3,(H,16,18). The summed E-state index contributed by atoms with van der Waals surface area (Å²) in [5.74, 6) is -0.0819. The Hall–Kier alpha value is -1.44. The van der Waals surface area contributed by atoms with Crippen LogP contribution in [0.1, 0.15) is 23.0 Å². The molecule has 0 aliphatic carbocycles. The SMILES string of the molecule is COC(=O)c1sccc1NC(=O)CN1CCC(C)C(N)C1. The number of carbonyl (C=O) groups is 2. The van der Waals surface area contributed by atoms with E-state index in [1.54, 1.807) is 11.4 Å². The molecule has 1 aliphatic rings. The summed E-state index contributed by atoms with van der Waals surface area (Å²) in [5, 5.41) is 4.52. The topological polar surface area (TPSA) is 84.7 Å². The van der Waals surface area contributed by atoms with Gasteiger partial charge in [0.25, 0.3) is 0 Å². The van der Waals surface area contributed by atoms with Crippen molar-refractivity contribution in [2.75, 3.05) is 32.1 Å². The molecular formula is C14H21N3O3S. The first kappa shape index (κ1) is 15.9. The van der Waals surface area contributed by atoms with E-state index in [1.807, 2.05) is 4.90 Å². The molecular weight excluding hydrogens is 290 g/mol. The second kappa shape index (κ2) is 7.02. The predicted octanol–water partition coefficient (Wildman–Crippen LogP) is 1.14. The fraction of sp³-hybridized carbons (Fsp3) is 0.571. The first-order valence-corrected chi connectivity index (χ1v) is 7.82. The van der Waals surface area contributed by atoms with E-state index in [9.17, 15) is 9.59 Å². The quantitative estimate of drug-likeness (QED) is 0.815. The fourth-order valence-electron chi connectivity index (χ4n) is 2.36. The number of nitrogens with two attached hydrogens (primary N) is 1. The van der Waals surface area contributed by atoms with Crippen LogP contribution in [0.15, 0.2) is 11.4 Å². The van der Waals surface area contributed by atoms with Crippen molar-refractivity contribution in [2.45, 2.75) is 19.4 Å². The molecule has 2 unspecified atom stereocenters. The van der Waals surface area contributed by atoms with Crippen LogP contribution in [-0.4, -0.2) is 49.6 Å². The molecule has 0 aromatic carbocycles. The molecule has 1 aliphatic heterocycles. The second-order valence-electron chi connectivity index (χ2n) is 5.37. The molecule has 1 amide bonds. The van der Waals surface area contributed by atoms with E-state index in [4.69, 9.17) is 5.73 Å². The number of hydrogen-bond donors (Lipinski definition) is 2. The molecule has 1 fully saturated rings. The number of ether oxygens (including phenoxy) is 1. The molecule has 1 aromatic rings. The molecule has 3 N–H and O–H groups in total. The van der Waals surface area contributed by atoms with Gasteiger partial charge in [0.2, 0.25) is 5.91 Å². The molecule has 0 saturated carbocycles. The van der Waals surface area contributed by atoms with Crippen LogP contribution in [0.5, 0.6) is 0 Å². The average Bonchev–Trinajstić information content (AvgIpc) is 2.90. The van der Waals surface area contributed by atoms with Gasteiger partial charge in [0.05, 0.1) is 19.3 Å². The zero-order valence-corrected chi connectivity index (χ0v) is 13.1. The van der Waals surface area contributed by atoms with E-state index in [-0.39, 0.29) is 18.5 Å². The second-order valence-corrected chi connectivity index (χ2v) is 6.28. The lowest BCUT2D eigenvalue weighted by Crippen LogP contribution is -2.49.